The topological polar surface area (TPSA) is 63.5 Å². The van der Waals surface area contributed by atoms with Crippen LogP contribution in [0.25, 0.3) is 0 Å². The number of para-hydroxylation sites is 1. The summed E-state index contributed by atoms with van der Waals surface area (Å²) in [7, 11) is 0. The summed E-state index contributed by atoms with van der Waals surface area (Å²) in [5, 5.41) is 11.3. The molecule has 0 bridgehead atoms. The Morgan fingerprint density at radius 3 is 2.79 bits per heavy atom. The highest BCUT2D eigenvalue weighted by Gasteiger charge is 2.26. The van der Waals surface area contributed by atoms with Crippen molar-refractivity contribution in [3.63, 3.8) is 0 Å². The summed E-state index contributed by atoms with van der Waals surface area (Å²) in [4.78, 5) is 26.0. The number of non-ortho nitro benzene ring substituents is 1. The molecule has 1 aliphatic rings. The van der Waals surface area contributed by atoms with Crippen LogP contribution in [-0.2, 0) is 0 Å². The first-order valence-electron chi connectivity index (χ1n) is 7.49. The first-order valence-corrected chi connectivity index (χ1v) is 8.74. The van der Waals surface area contributed by atoms with E-state index in [1.165, 1.54) is 18.2 Å². The molecule has 7 heteroatoms. The Morgan fingerprint density at radius 2 is 2.08 bits per heavy atom. The minimum absolute atomic E-state index is 0.0941. The van der Waals surface area contributed by atoms with Crippen molar-refractivity contribution in [2.75, 3.05) is 11.4 Å². The van der Waals surface area contributed by atoms with E-state index >= 15 is 0 Å². The number of carbonyl (C=O) groups excluding carboxylic acids is 1. The molecule has 0 saturated heterocycles. The second-order valence-corrected chi connectivity index (χ2v) is 7.45. The zero-order valence-electron chi connectivity index (χ0n) is 12.9. The van der Waals surface area contributed by atoms with Crippen LogP contribution < -0.4 is 4.90 Å². The summed E-state index contributed by atoms with van der Waals surface area (Å²) >= 11 is 7.87. The standard InChI is InChI=1S/C17H15ClN2O3S/c1-11-8-9-19(15-4-2-3-5-16(15)24-11)17(21)13-7-6-12(20(22)23)10-14(13)18/h2-7,10-11H,8-9H2,1H3. The van der Waals surface area contributed by atoms with Crippen molar-refractivity contribution in [1.29, 1.82) is 0 Å². The van der Waals surface area contributed by atoms with Gasteiger partial charge in [-0.1, -0.05) is 30.7 Å². The number of thioether (sulfide) groups is 1. The number of hydrogen-bond acceptors (Lipinski definition) is 4. The second-order valence-electron chi connectivity index (χ2n) is 5.56. The number of amides is 1. The van der Waals surface area contributed by atoms with E-state index in [4.69, 9.17) is 11.6 Å². The largest absolute Gasteiger partial charge is 0.307 e. The molecule has 1 atom stereocenters. The predicted molar refractivity (Wildman–Crippen MR) is 96.2 cm³/mol. The number of anilines is 1. The number of benzene rings is 2. The molecule has 0 radical (unpaired) electrons. The quantitative estimate of drug-likeness (QED) is 0.569. The molecule has 0 aliphatic carbocycles. The van der Waals surface area contributed by atoms with Gasteiger partial charge in [-0.2, -0.15) is 0 Å². The van der Waals surface area contributed by atoms with Crippen molar-refractivity contribution in [1.82, 2.24) is 0 Å². The van der Waals surface area contributed by atoms with Crippen LogP contribution in [0.4, 0.5) is 11.4 Å². The zero-order chi connectivity index (χ0) is 17.3. The van der Waals surface area contributed by atoms with Gasteiger partial charge in [-0.25, -0.2) is 0 Å². The van der Waals surface area contributed by atoms with Crippen LogP contribution in [0.3, 0.4) is 0 Å². The molecule has 5 nitrogen and oxygen atoms in total. The van der Waals surface area contributed by atoms with Gasteiger partial charge in [0, 0.05) is 28.8 Å². The van der Waals surface area contributed by atoms with Gasteiger partial charge >= 0.3 is 0 Å². The zero-order valence-corrected chi connectivity index (χ0v) is 14.5. The summed E-state index contributed by atoms with van der Waals surface area (Å²) < 4.78 is 0. The molecule has 124 valence electrons. The number of rotatable bonds is 2. The molecule has 0 spiro atoms. The van der Waals surface area contributed by atoms with E-state index in [9.17, 15) is 14.9 Å². The van der Waals surface area contributed by atoms with Crippen LogP contribution in [0, 0.1) is 10.1 Å². The molecular formula is C17H15ClN2O3S. The Balaban J connectivity index is 1.99. The molecule has 0 aromatic heterocycles. The lowest BCUT2D eigenvalue weighted by Gasteiger charge is -2.23. The SMILES string of the molecule is CC1CCN(C(=O)c2ccc([N+](=O)[O-])cc2Cl)c2ccccc2S1. The van der Waals surface area contributed by atoms with Gasteiger partial charge in [0.15, 0.2) is 0 Å². The van der Waals surface area contributed by atoms with Crippen molar-refractivity contribution in [2.24, 2.45) is 0 Å². The number of nitro groups is 1. The van der Waals surface area contributed by atoms with Crippen LogP contribution in [0.15, 0.2) is 47.4 Å². The molecule has 24 heavy (non-hydrogen) atoms. The molecule has 3 rings (SSSR count). The number of halogens is 1. The van der Waals surface area contributed by atoms with Gasteiger partial charge in [-0.15, -0.1) is 11.8 Å². The average molecular weight is 363 g/mol. The van der Waals surface area contributed by atoms with E-state index in [-0.39, 0.29) is 22.2 Å². The van der Waals surface area contributed by atoms with Gasteiger partial charge in [-0.3, -0.25) is 14.9 Å². The molecule has 2 aromatic carbocycles. The van der Waals surface area contributed by atoms with E-state index in [2.05, 4.69) is 6.92 Å². The lowest BCUT2D eigenvalue weighted by atomic mass is 10.1. The third-order valence-electron chi connectivity index (χ3n) is 3.88. The Bertz CT molecular complexity index is 812. The van der Waals surface area contributed by atoms with E-state index in [0.717, 1.165) is 17.0 Å². The van der Waals surface area contributed by atoms with Crippen LogP contribution in [0.5, 0.6) is 0 Å². The van der Waals surface area contributed by atoms with Crippen LogP contribution in [0.2, 0.25) is 5.02 Å². The summed E-state index contributed by atoms with van der Waals surface area (Å²) in [6.07, 6.45) is 0.857. The Kier molecular flexibility index (Phi) is 4.78. The van der Waals surface area contributed by atoms with E-state index in [1.807, 2.05) is 24.3 Å². The maximum atomic E-state index is 13.0. The van der Waals surface area contributed by atoms with Crippen molar-refractivity contribution < 1.29 is 9.72 Å². The third kappa shape index (κ3) is 3.25. The molecule has 1 aliphatic heterocycles. The number of nitrogens with zero attached hydrogens (tertiary/aromatic N) is 2. The van der Waals surface area contributed by atoms with Crippen molar-refractivity contribution >= 4 is 40.6 Å². The number of nitro benzene ring substituents is 1. The maximum Gasteiger partial charge on any atom is 0.270 e. The van der Waals surface area contributed by atoms with E-state index in [0.29, 0.717) is 11.8 Å². The Labute approximate surface area is 148 Å². The van der Waals surface area contributed by atoms with Gasteiger partial charge in [0.1, 0.15) is 0 Å². The molecule has 1 amide bonds. The van der Waals surface area contributed by atoms with Gasteiger partial charge in [-0.05, 0) is 24.6 Å². The molecule has 0 N–H and O–H groups in total. The molecule has 0 saturated carbocycles. The molecule has 1 unspecified atom stereocenters. The Hall–Kier alpha value is -2.05. The van der Waals surface area contributed by atoms with Crippen molar-refractivity contribution in [3.05, 3.63) is 63.2 Å². The highest BCUT2D eigenvalue weighted by atomic mass is 35.5. The van der Waals surface area contributed by atoms with Crippen LogP contribution in [-0.4, -0.2) is 22.6 Å². The second kappa shape index (κ2) is 6.83. The smallest absolute Gasteiger partial charge is 0.270 e. The molecule has 2 aromatic rings. The highest BCUT2D eigenvalue weighted by molar-refractivity contribution is 8.00. The number of hydrogen-bond donors (Lipinski definition) is 0. The lowest BCUT2D eigenvalue weighted by Crippen LogP contribution is -2.32. The molecule has 0 fully saturated rings. The predicted octanol–water partition coefficient (Wildman–Crippen LogP) is 4.78. The first-order chi connectivity index (χ1) is 11.5. The average Bonchev–Trinajstić information content (AvgIpc) is 2.72. The van der Waals surface area contributed by atoms with E-state index in [1.54, 1.807) is 16.7 Å². The fraction of sp³-hybridized carbons (Fsp3) is 0.235. The van der Waals surface area contributed by atoms with Crippen LogP contribution >= 0.6 is 23.4 Å². The van der Waals surface area contributed by atoms with Gasteiger partial charge < -0.3 is 4.90 Å². The van der Waals surface area contributed by atoms with Gasteiger partial charge in [0.2, 0.25) is 0 Å². The maximum absolute atomic E-state index is 13.0. The number of fused-ring (bicyclic) bond motifs is 1. The summed E-state index contributed by atoms with van der Waals surface area (Å²) in [5.74, 6) is -0.239. The normalized spacial score (nSPS) is 17.1. The van der Waals surface area contributed by atoms with E-state index < -0.39 is 4.92 Å². The molecular weight excluding hydrogens is 348 g/mol. The van der Waals surface area contributed by atoms with Crippen molar-refractivity contribution in [3.8, 4) is 0 Å². The fourth-order valence-electron chi connectivity index (χ4n) is 2.63. The fourth-order valence-corrected chi connectivity index (χ4v) is 4.00. The lowest BCUT2D eigenvalue weighted by molar-refractivity contribution is -0.384. The van der Waals surface area contributed by atoms with Gasteiger partial charge in [0.05, 0.1) is 21.2 Å². The van der Waals surface area contributed by atoms with Gasteiger partial charge in [0.25, 0.3) is 11.6 Å². The minimum Gasteiger partial charge on any atom is -0.307 e. The third-order valence-corrected chi connectivity index (χ3v) is 5.43. The number of carbonyl (C=O) groups is 1. The van der Waals surface area contributed by atoms with Crippen molar-refractivity contribution in [2.45, 2.75) is 23.5 Å². The highest BCUT2D eigenvalue weighted by Crippen LogP contribution is 2.38. The first kappa shape index (κ1) is 16.8. The molecule has 1 heterocycles. The monoisotopic (exact) mass is 362 g/mol. The summed E-state index contributed by atoms with van der Waals surface area (Å²) in [5.41, 5.74) is 1.000. The summed E-state index contributed by atoms with van der Waals surface area (Å²) in [6, 6.07) is 11.7. The summed E-state index contributed by atoms with van der Waals surface area (Å²) in [6.45, 7) is 2.71. The Morgan fingerprint density at radius 1 is 1.33 bits per heavy atom. The minimum atomic E-state index is -0.528. The van der Waals surface area contributed by atoms with Crippen LogP contribution in [0.1, 0.15) is 23.7 Å².